The fraction of sp³-hybridized carbons (Fsp3) is 0.667. The van der Waals surface area contributed by atoms with Gasteiger partial charge in [-0.1, -0.05) is 6.92 Å². The standard InChI is InChI=1S/C6H10O4.Na.H/c1-4(2-5(7)8)3-6(9)10;;/h4H,2-3H2,1H3,(H,7,8)(H,9,10);;/q;+1;-1. The molecule has 11 heavy (non-hydrogen) atoms. The third-order valence-corrected chi connectivity index (χ3v) is 1.05. The smallest absolute Gasteiger partial charge is 1.00 e. The fourth-order valence-electron chi connectivity index (χ4n) is 0.668. The summed E-state index contributed by atoms with van der Waals surface area (Å²) >= 11 is 0. The predicted molar refractivity (Wildman–Crippen MR) is 34.8 cm³/mol. The monoisotopic (exact) mass is 170 g/mol. The first-order valence-corrected chi connectivity index (χ1v) is 2.96. The van der Waals surface area contributed by atoms with Crippen molar-refractivity contribution in [2.75, 3.05) is 0 Å². The van der Waals surface area contributed by atoms with Crippen LogP contribution in [-0.2, 0) is 9.59 Å². The fourth-order valence-corrected chi connectivity index (χ4v) is 0.668. The molecule has 4 nitrogen and oxygen atoms in total. The molecule has 0 saturated heterocycles. The van der Waals surface area contributed by atoms with Crippen molar-refractivity contribution < 1.29 is 50.8 Å². The maximum absolute atomic E-state index is 10.00. The number of carboxylic acid groups (broad SMARTS) is 2. The number of rotatable bonds is 4. The molecule has 0 aliphatic rings. The first-order chi connectivity index (χ1) is 4.52. The van der Waals surface area contributed by atoms with Crippen LogP contribution in [0.1, 0.15) is 21.2 Å². The van der Waals surface area contributed by atoms with Gasteiger partial charge in [0.05, 0.1) is 0 Å². The van der Waals surface area contributed by atoms with Crippen LogP contribution in [0.4, 0.5) is 0 Å². The Balaban J connectivity index is -0.000000405. The van der Waals surface area contributed by atoms with Crippen LogP contribution in [0, 0.1) is 5.92 Å². The Morgan fingerprint density at radius 1 is 1.27 bits per heavy atom. The minimum atomic E-state index is -0.950. The van der Waals surface area contributed by atoms with E-state index in [1.54, 1.807) is 6.92 Å². The SMILES string of the molecule is CC(CC(=O)O)CC(=O)O.[H-].[Na+]. The summed E-state index contributed by atoms with van der Waals surface area (Å²) in [5.41, 5.74) is 0. The van der Waals surface area contributed by atoms with Crippen molar-refractivity contribution in [1.82, 2.24) is 0 Å². The number of carbonyl (C=O) groups is 2. The van der Waals surface area contributed by atoms with Crippen LogP contribution in [0.2, 0.25) is 0 Å². The second-order valence-electron chi connectivity index (χ2n) is 2.30. The summed E-state index contributed by atoms with van der Waals surface area (Å²) in [6.07, 6.45) is -0.154. The van der Waals surface area contributed by atoms with Crippen molar-refractivity contribution >= 4 is 11.9 Å². The van der Waals surface area contributed by atoms with Crippen molar-refractivity contribution in [2.45, 2.75) is 19.8 Å². The van der Waals surface area contributed by atoms with E-state index < -0.39 is 11.9 Å². The Bertz CT molecular complexity index is 134. The van der Waals surface area contributed by atoms with Crippen LogP contribution in [0.15, 0.2) is 0 Å². The molecule has 0 unspecified atom stereocenters. The molecule has 0 radical (unpaired) electrons. The van der Waals surface area contributed by atoms with Crippen molar-refractivity contribution in [3.8, 4) is 0 Å². The molecule has 0 saturated carbocycles. The van der Waals surface area contributed by atoms with Gasteiger partial charge >= 0.3 is 41.5 Å². The van der Waals surface area contributed by atoms with Crippen LogP contribution in [0.5, 0.6) is 0 Å². The largest absolute Gasteiger partial charge is 1.00 e. The molecule has 0 aromatic rings. The molecule has 0 aliphatic heterocycles. The molecule has 60 valence electrons. The topological polar surface area (TPSA) is 74.6 Å². The Morgan fingerprint density at radius 3 is 1.73 bits per heavy atom. The number of hydrogen-bond donors (Lipinski definition) is 2. The van der Waals surface area contributed by atoms with Gasteiger partial charge in [-0.05, 0) is 5.92 Å². The quantitative estimate of drug-likeness (QED) is 0.465. The van der Waals surface area contributed by atoms with Gasteiger partial charge in [-0.2, -0.15) is 0 Å². The summed E-state index contributed by atoms with van der Waals surface area (Å²) in [5, 5.41) is 16.4. The average molecular weight is 170 g/mol. The number of aliphatic carboxylic acids is 2. The molecule has 0 spiro atoms. The molecular formula is C6H11NaO4. The Kier molecular flexibility index (Phi) is 8.16. The summed E-state index contributed by atoms with van der Waals surface area (Å²) in [6, 6.07) is 0. The van der Waals surface area contributed by atoms with E-state index in [1.165, 1.54) is 0 Å². The molecule has 0 aromatic carbocycles. The molecular weight excluding hydrogens is 159 g/mol. The van der Waals surface area contributed by atoms with Crippen LogP contribution in [0.3, 0.4) is 0 Å². The summed E-state index contributed by atoms with van der Waals surface area (Å²) < 4.78 is 0. The number of carboxylic acids is 2. The van der Waals surface area contributed by atoms with Gasteiger partial charge in [0.2, 0.25) is 0 Å². The molecule has 0 aliphatic carbocycles. The third-order valence-electron chi connectivity index (χ3n) is 1.05. The minimum Gasteiger partial charge on any atom is -1.00 e. The molecule has 0 aromatic heterocycles. The molecule has 0 bridgehead atoms. The van der Waals surface area contributed by atoms with Gasteiger partial charge in [-0.25, -0.2) is 0 Å². The van der Waals surface area contributed by atoms with E-state index in [0.29, 0.717) is 0 Å². The molecule has 0 amide bonds. The molecule has 0 atom stereocenters. The van der Waals surface area contributed by atoms with Gasteiger partial charge in [-0.15, -0.1) is 0 Å². The molecule has 2 N–H and O–H groups in total. The third kappa shape index (κ3) is 9.94. The second-order valence-corrected chi connectivity index (χ2v) is 2.30. The maximum Gasteiger partial charge on any atom is 1.00 e. The van der Waals surface area contributed by atoms with Gasteiger partial charge in [0.1, 0.15) is 0 Å². The summed E-state index contributed by atoms with van der Waals surface area (Å²) in [4.78, 5) is 20.0. The van der Waals surface area contributed by atoms with E-state index in [-0.39, 0.29) is 49.7 Å². The van der Waals surface area contributed by atoms with Crippen LogP contribution < -0.4 is 29.6 Å². The van der Waals surface area contributed by atoms with Crippen LogP contribution in [-0.4, -0.2) is 22.2 Å². The first-order valence-electron chi connectivity index (χ1n) is 2.96. The maximum atomic E-state index is 10.00. The van der Waals surface area contributed by atoms with E-state index in [4.69, 9.17) is 10.2 Å². The zero-order valence-corrected chi connectivity index (χ0v) is 8.70. The van der Waals surface area contributed by atoms with Gasteiger partial charge in [-0.3, -0.25) is 9.59 Å². The van der Waals surface area contributed by atoms with Gasteiger partial charge in [0.15, 0.2) is 0 Å². The van der Waals surface area contributed by atoms with E-state index in [1.807, 2.05) is 0 Å². The normalized spacial score (nSPS) is 8.91. The van der Waals surface area contributed by atoms with Crippen molar-refractivity contribution in [2.24, 2.45) is 5.92 Å². The zero-order valence-electron chi connectivity index (χ0n) is 7.70. The van der Waals surface area contributed by atoms with Gasteiger partial charge in [0.25, 0.3) is 0 Å². The second kappa shape index (κ2) is 6.64. The van der Waals surface area contributed by atoms with Crippen molar-refractivity contribution in [1.29, 1.82) is 0 Å². The van der Waals surface area contributed by atoms with E-state index in [9.17, 15) is 9.59 Å². The molecule has 0 heterocycles. The zero-order chi connectivity index (χ0) is 8.15. The predicted octanol–water partition coefficient (Wildman–Crippen LogP) is -2.31. The average Bonchev–Trinajstić information content (AvgIpc) is 1.58. The van der Waals surface area contributed by atoms with Gasteiger partial charge in [0, 0.05) is 12.8 Å². The van der Waals surface area contributed by atoms with Crippen molar-refractivity contribution in [3.05, 3.63) is 0 Å². The Morgan fingerprint density at radius 2 is 1.55 bits per heavy atom. The van der Waals surface area contributed by atoms with E-state index in [0.717, 1.165) is 0 Å². The van der Waals surface area contributed by atoms with E-state index >= 15 is 0 Å². The summed E-state index contributed by atoms with van der Waals surface area (Å²) in [7, 11) is 0. The Hall–Kier alpha value is -0.0600. The summed E-state index contributed by atoms with van der Waals surface area (Å²) in [5.74, 6) is -2.18. The minimum absolute atomic E-state index is 0. The number of hydrogen-bond acceptors (Lipinski definition) is 2. The molecule has 0 rings (SSSR count). The van der Waals surface area contributed by atoms with Crippen LogP contribution in [0.25, 0.3) is 0 Å². The van der Waals surface area contributed by atoms with Crippen LogP contribution >= 0.6 is 0 Å². The summed E-state index contributed by atoms with van der Waals surface area (Å²) in [6.45, 7) is 1.60. The Labute approximate surface area is 88.4 Å². The first kappa shape index (κ1) is 13.5. The van der Waals surface area contributed by atoms with E-state index in [2.05, 4.69) is 0 Å². The van der Waals surface area contributed by atoms with Crippen molar-refractivity contribution in [3.63, 3.8) is 0 Å². The molecule has 0 fully saturated rings. The molecule has 5 heteroatoms. The van der Waals surface area contributed by atoms with Gasteiger partial charge < -0.3 is 11.6 Å².